The average molecular weight is 630 g/mol. The van der Waals surface area contributed by atoms with Crippen molar-refractivity contribution in [1.29, 1.82) is 0 Å². The minimum absolute atomic E-state index is 0.202. The second kappa shape index (κ2) is 11.2. The van der Waals surface area contributed by atoms with Crippen molar-refractivity contribution in [2.75, 3.05) is 13.2 Å². The highest BCUT2D eigenvalue weighted by atomic mass is 79.9. The summed E-state index contributed by atoms with van der Waals surface area (Å²) in [5.74, 6) is 0.613. The normalized spacial score (nSPS) is 11.3. The van der Waals surface area contributed by atoms with Gasteiger partial charge in [-0.25, -0.2) is 9.78 Å². The van der Waals surface area contributed by atoms with E-state index in [4.69, 9.17) is 9.47 Å². The predicted octanol–water partition coefficient (Wildman–Crippen LogP) is 5.46. The van der Waals surface area contributed by atoms with Crippen molar-refractivity contribution in [1.82, 2.24) is 9.66 Å². The van der Waals surface area contributed by atoms with Gasteiger partial charge in [0.05, 0.1) is 32.7 Å². The Morgan fingerprint density at radius 1 is 1.16 bits per heavy atom. The predicted molar refractivity (Wildman–Crippen MR) is 135 cm³/mol. The van der Waals surface area contributed by atoms with Gasteiger partial charge < -0.3 is 9.47 Å². The number of esters is 1. The Bertz CT molecular complexity index is 1220. The zero-order chi connectivity index (χ0) is 23.3. The Hall–Kier alpha value is -2.04. The number of halogens is 3. The van der Waals surface area contributed by atoms with Crippen LogP contribution in [0.2, 0.25) is 0 Å². The van der Waals surface area contributed by atoms with E-state index in [2.05, 4.69) is 57.9 Å². The number of ether oxygens (including phenoxy) is 2. The number of aromatic nitrogens is 2. The molecule has 0 aliphatic carbocycles. The lowest BCUT2D eigenvalue weighted by molar-refractivity contribution is -0.145. The van der Waals surface area contributed by atoms with Gasteiger partial charge in [0.15, 0.2) is 6.61 Å². The summed E-state index contributed by atoms with van der Waals surface area (Å²) in [6.45, 7) is 3.85. The smallest absolute Gasteiger partial charge is 0.344 e. The van der Waals surface area contributed by atoms with Gasteiger partial charge in [-0.1, -0.05) is 22.9 Å². The van der Waals surface area contributed by atoms with Crippen LogP contribution in [0.25, 0.3) is 10.9 Å². The lowest BCUT2D eigenvalue weighted by Gasteiger charge is -2.11. The lowest BCUT2D eigenvalue weighted by Crippen LogP contribution is -2.22. The van der Waals surface area contributed by atoms with Crippen LogP contribution in [-0.2, 0) is 16.0 Å². The minimum atomic E-state index is -0.449. The molecule has 0 fully saturated rings. The van der Waals surface area contributed by atoms with Gasteiger partial charge in [-0.15, -0.1) is 0 Å². The van der Waals surface area contributed by atoms with Crippen LogP contribution < -0.4 is 10.3 Å². The molecule has 0 atom stereocenters. The fourth-order valence-electron chi connectivity index (χ4n) is 2.95. The maximum absolute atomic E-state index is 13.1. The fourth-order valence-corrected chi connectivity index (χ4v) is 4.76. The second-order valence-electron chi connectivity index (χ2n) is 6.71. The first-order valence-corrected chi connectivity index (χ1v) is 12.2. The Labute approximate surface area is 210 Å². The third-order valence-corrected chi connectivity index (χ3v) is 6.00. The molecule has 0 amide bonds. The highest BCUT2D eigenvalue weighted by molar-refractivity contribution is 9.11. The molecule has 0 unspecified atom stereocenters. The van der Waals surface area contributed by atoms with Crippen LogP contribution in [0, 0.1) is 0 Å². The first kappa shape index (κ1) is 24.6. The Morgan fingerprint density at radius 3 is 2.53 bits per heavy atom. The van der Waals surface area contributed by atoms with Gasteiger partial charge in [0, 0.05) is 10.9 Å². The van der Waals surface area contributed by atoms with Gasteiger partial charge in [0.1, 0.15) is 11.6 Å². The van der Waals surface area contributed by atoms with E-state index in [-0.39, 0.29) is 12.2 Å². The Kier molecular flexibility index (Phi) is 8.61. The van der Waals surface area contributed by atoms with E-state index in [0.717, 1.165) is 16.5 Å². The van der Waals surface area contributed by atoms with Gasteiger partial charge in [-0.05, 0) is 81.1 Å². The van der Waals surface area contributed by atoms with Gasteiger partial charge in [-0.3, -0.25) is 4.79 Å². The standard InChI is InChI=1S/C22H20Br3N3O4/c1-3-5-19-27-18-7-6-14(23)10-15(18)22(30)28(19)26-11-13-8-16(24)21(17(25)9-13)32-12-20(29)31-4-2/h6-11H,3-5,12H2,1-2H3. The van der Waals surface area contributed by atoms with Crippen molar-refractivity contribution in [3.05, 3.63) is 65.5 Å². The summed E-state index contributed by atoms with van der Waals surface area (Å²) in [6, 6.07) is 8.99. The molecular weight excluding hydrogens is 610 g/mol. The maximum Gasteiger partial charge on any atom is 0.344 e. The zero-order valence-corrected chi connectivity index (χ0v) is 22.2. The number of fused-ring (bicyclic) bond motifs is 1. The first-order valence-electron chi connectivity index (χ1n) is 9.87. The number of carbonyl (C=O) groups is 1. The maximum atomic E-state index is 13.1. The quantitative estimate of drug-likeness (QED) is 0.244. The van der Waals surface area contributed by atoms with E-state index in [1.165, 1.54) is 4.68 Å². The number of hydrogen-bond donors (Lipinski definition) is 0. The summed E-state index contributed by atoms with van der Waals surface area (Å²) in [7, 11) is 0. The minimum Gasteiger partial charge on any atom is -0.480 e. The molecule has 3 rings (SSSR count). The largest absolute Gasteiger partial charge is 0.480 e. The Balaban J connectivity index is 1.95. The summed E-state index contributed by atoms with van der Waals surface area (Å²) < 4.78 is 13.8. The molecular formula is C22H20Br3N3O4. The summed E-state index contributed by atoms with van der Waals surface area (Å²) in [5, 5.41) is 4.92. The molecule has 0 saturated heterocycles. The summed E-state index contributed by atoms with van der Waals surface area (Å²) in [5.41, 5.74) is 1.13. The molecule has 1 heterocycles. The third kappa shape index (κ3) is 5.85. The van der Waals surface area contributed by atoms with Crippen LogP contribution in [0.15, 0.2) is 53.6 Å². The summed E-state index contributed by atoms with van der Waals surface area (Å²) in [6.07, 6.45) is 3.02. The van der Waals surface area contributed by atoms with Crippen LogP contribution in [0.1, 0.15) is 31.7 Å². The van der Waals surface area contributed by atoms with Crippen LogP contribution in [0.5, 0.6) is 5.75 Å². The number of benzene rings is 2. The third-order valence-electron chi connectivity index (χ3n) is 4.33. The fraction of sp³-hybridized carbons (Fsp3) is 0.273. The van der Waals surface area contributed by atoms with E-state index >= 15 is 0 Å². The van der Waals surface area contributed by atoms with Crippen LogP contribution in [0.4, 0.5) is 0 Å². The molecule has 32 heavy (non-hydrogen) atoms. The summed E-state index contributed by atoms with van der Waals surface area (Å²) >= 11 is 10.3. The Morgan fingerprint density at radius 2 is 1.88 bits per heavy atom. The van der Waals surface area contributed by atoms with Crippen molar-refractivity contribution >= 4 is 70.9 Å². The molecule has 7 nitrogen and oxygen atoms in total. The molecule has 0 spiro atoms. The van der Waals surface area contributed by atoms with E-state index in [0.29, 0.717) is 44.4 Å². The second-order valence-corrected chi connectivity index (χ2v) is 9.33. The zero-order valence-electron chi connectivity index (χ0n) is 17.4. The van der Waals surface area contributed by atoms with Crippen molar-refractivity contribution < 1.29 is 14.3 Å². The molecule has 2 aromatic carbocycles. The molecule has 0 saturated carbocycles. The molecule has 0 bridgehead atoms. The SMILES string of the molecule is CCCc1nc2ccc(Br)cc2c(=O)n1N=Cc1cc(Br)c(OCC(=O)OCC)c(Br)c1. The number of nitrogens with zero attached hydrogens (tertiary/aromatic N) is 3. The molecule has 3 aromatic rings. The number of carbonyl (C=O) groups excluding carboxylic acids is 1. The van der Waals surface area contributed by atoms with Crippen molar-refractivity contribution in [2.24, 2.45) is 5.10 Å². The van der Waals surface area contributed by atoms with E-state index < -0.39 is 5.97 Å². The topological polar surface area (TPSA) is 82.8 Å². The summed E-state index contributed by atoms with van der Waals surface area (Å²) in [4.78, 5) is 29.3. The highest BCUT2D eigenvalue weighted by Gasteiger charge is 2.13. The number of aryl methyl sites for hydroxylation is 1. The molecule has 168 valence electrons. The van der Waals surface area contributed by atoms with Crippen molar-refractivity contribution in [3.8, 4) is 5.75 Å². The highest BCUT2D eigenvalue weighted by Crippen LogP contribution is 2.34. The molecule has 0 N–H and O–H groups in total. The van der Waals surface area contributed by atoms with Gasteiger partial charge >= 0.3 is 5.97 Å². The van der Waals surface area contributed by atoms with Gasteiger partial charge in [-0.2, -0.15) is 9.78 Å². The monoisotopic (exact) mass is 627 g/mol. The average Bonchev–Trinajstić information content (AvgIpc) is 2.74. The lowest BCUT2D eigenvalue weighted by atomic mass is 10.2. The van der Waals surface area contributed by atoms with Gasteiger partial charge in [0.25, 0.3) is 5.56 Å². The number of hydrogen-bond acceptors (Lipinski definition) is 6. The van der Waals surface area contributed by atoms with E-state index in [1.807, 2.05) is 19.1 Å². The van der Waals surface area contributed by atoms with Crippen LogP contribution in [0.3, 0.4) is 0 Å². The van der Waals surface area contributed by atoms with Crippen LogP contribution >= 0.6 is 47.8 Å². The molecule has 1 aromatic heterocycles. The van der Waals surface area contributed by atoms with Gasteiger partial charge in [0.2, 0.25) is 0 Å². The molecule has 0 aliphatic rings. The number of rotatable bonds is 8. The van der Waals surface area contributed by atoms with E-state index in [9.17, 15) is 9.59 Å². The van der Waals surface area contributed by atoms with Crippen molar-refractivity contribution in [3.63, 3.8) is 0 Å². The van der Waals surface area contributed by atoms with E-state index in [1.54, 1.807) is 31.3 Å². The molecule has 0 radical (unpaired) electrons. The van der Waals surface area contributed by atoms with Crippen LogP contribution in [-0.4, -0.2) is 35.1 Å². The molecule has 0 aliphatic heterocycles. The van der Waals surface area contributed by atoms with Crippen molar-refractivity contribution in [2.45, 2.75) is 26.7 Å². The first-order chi connectivity index (χ1) is 15.3. The molecule has 10 heteroatoms.